The lowest BCUT2D eigenvalue weighted by Crippen LogP contribution is -2.44. The predicted octanol–water partition coefficient (Wildman–Crippen LogP) is 3.47. The highest BCUT2D eigenvalue weighted by atomic mass is 32.2. The molecule has 2 aromatic rings. The van der Waals surface area contributed by atoms with Crippen LogP contribution in [0.4, 0.5) is 4.39 Å². The van der Waals surface area contributed by atoms with Gasteiger partial charge in [0.05, 0.1) is 0 Å². The van der Waals surface area contributed by atoms with Crippen LogP contribution in [-0.2, 0) is 15.0 Å². The van der Waals surface area contributed by atoms with Gasteiger partial charge in [-0.05, 0) is 24.6 Å². The monoisotopic (exact) mass is 361 g/mol. The molecule has 0 heterocycles. The summed E-state index contributed by atoms with van der Waals surface area (Å²) in [7, 11) is 0. The Kier molecular flexibility index (Phi) is 6.58. The van der Waals surface area contributed by atoms with Crippen LogP contribution in [0.25, 0.3) is 0 Å². The average molecular weight is 361 g/mol. The van der Waals surface area contributed by atoms with E-state index in [-0.39, 0.29) is 24.7 Å². The van der Waals surface area contributed by atoms with Crippen molar-refractivity contribution in [3.63, 3.8) is 0 Å². The molecular formula is C19H20FNO3S. The molecule has 2 rings (SSSR count). The number of thioether (sulfide) groups is 1. The minimum Gasteiger partial charge on any atom is -0.481 e. The summed E-state index contributed by atoms with van der Waals surface area (Å²) in [6.45, 7) is 1.58. The van der Waals surface area contributed by atoms with Crippen molar-refractivity contribution in [1.29, 1.82) is 0 Å². The Morgan fingerprint density at radius 3 is 2.40 bits per heavy atom. The molecule has 0 spiro atoms. The van der Waals surface area contributed by atoms with Gasteiger partial charge in [-0.15, -0.1) is 11.8 Å². The summed E-state index contributed by atoms with van der Waals surface area (Å²) in [4.78, 5) is 24.2. The molecule has 6 heteroatoms. The minimum absolute atomic E-state index is 0.00442. The van der Waals surface area contributed by atoms with Crippen molar-refractivity contribution in [3.05, 3.63) is 66.0 Å². The first-order valence-corrected chi connectivity index (χ1v) is 8.85. The maximum absolute atomic E-state index is 13.5. The lowest BCUT2D eigenvalue weighted by molar-refractivity contribution is -0.143. The molecule has 0 saturated heterocycles. The van der Waals surface area contributed by atoms with Gasteiger partial charge in [-0.25, -0.2) is 4.39 Å². The van der Waals surface area contributed by atoms with E-state index in [2.05, 4.69) is 5.32 Å². The fourth-order valence-corrected chi connectivity index (χ4v) is 3.17. The highest BCUT2D eigenvalue weighted by molar-refractivity contribution is 7.99. The second-order valence-corrected chi connectivity index (χ2v) is 6.95. The number of carbonyl (C=O) groups excluding carboxylic acids is 1. The van der Waals surface area contributed by atoms with Gasteiger partial charge >= 0.3 is 5.97 Å². The summed E-state index contributed by atoms with van der Waals surface area (Å²) in [5.74, 6) is -1.15. The first-order chi connectivity index (χ1) is 11.9. The van der Waals surface area contributed by atoms with E-state index in [0.29, 0.717) is 16.2 Å². The van der Waals surface area contributed by atoms with Gasteiger partial charge < -0.3 is 10.4 Å². The topological polar surface area (TPSA) is 66.4 Å². The molecule has 0 aliphatic heterocycles. The first-order valence-electron chi connectivity index (χ1n) is 7.86. The number of halogens is 1. The van der Waals surface area contributed by atoms with E-state index in [9.17, 15) is 19.1 Å². The number of aliphatic carboxylic acids is 1. The SMILES string of the molecule is CC(CNC(=O)CCSc1ccccc1F)(C(=O)O)c1ccccc1. The zero-order valence-corrected chi connectivity index (χ0v) is 14.7. The molecule has 2 aromatic carbocycles. The highest BCUT2D eigenvalue weighted by Crippen LogP contribution is 2.24. The maximum Gasteiger partial charge on any atom is 0.315 e. The zero-order chi connectivity index (χ0) is 18.3. The van der Waals surface area contributed by atoms with Gasteiger partial charge in [-0.3, -0.25) is 9.59 Å². The molecule has 4 nitrogen and oxygen atoms in total. The molecule has 0 saturated carbocycles. The Balaban J connectivity index is 1.87. The van der Waals surface area contributed by atoms with Crippen LogP contribution in [0.3, 0.4) is 0 Å². The molecule has 1 amide bonds. The normalized spacial score (nSPS) is 13.0. The molecule has 0 aliphatic rings. The molecule has 0 bridgehead atoms. The molecule has 25 heavy (non-hydrogen) atoms. The van der Waals surface area contributed by atoms with Crippen molar-refractivity contribution < 1.29 is 19.1 Å². The Labute approximate surface area is 150 Å². The molecular weight excluding hydrogens is 341 g/mol. The van der Waals surface area contributed by atoms with Crippen molar-refractivity contribution in [2.75, 3.05) is 12.3 Å². The fraction of sp³-hybridized carbons (Fsp3) is 0.263. The Morgan fingerprint density at radius 2 is 1.76 bits per heavy atom. The summed E-state index contributed by atoms with van der Waals surface area (Å²) in [5.41, 5.74) is -0.571. The first kappa shape index (κ1) is 19.0. The number of hydrogen-bond donors (Lipinski definition) is 2. The third kappa shape index (κ3) is 5.06. The van der Waals surface area contributed by atoms with Gasteiger partial charge in [-0.2, -0.15) is 0 Å². The third-order valence-electron chi connectivity index (χ3n) is 3.95. The Hall–Kier alpha value is -2.34. The van der Waals surface area contributed by atoms with Crippen molar-refractivity contribution in [3.8, 4) is 0 Å². The van der Waals surface area contributed by atoms with Crippen LogP contribution in [0.1, 0.15) is 18.9 Å². The van der Waals surface area contributed by atoms with E-state index in [1.165, 1.54) is 17.8 Å². The van der Waals surface area contributed by atoms with Gasteiger partial charge in [0.25, 0.3) is 0 Å². The van der Waals surface area contributed by atoms with Crippen LogP contribution in [0.2, 0.25) is 0 Å². The van der Waals surface area contributed by atoms with Gasteiger partial charge in [-0.1, -0.05) is 42.5 Å². The lowest BCUT2D eigenvalue weighted by atomic mass is 9.82. The predicted molar refractivity (Wildman–Crippen MR) is 96.2 cm³/mol. The largest absolute Gasteiger partial charge is 0.481 e. The van der Waals surface area contributed by atoms with E-state index in [0.717, 1.165) is 0 Å². The summed E-state index contributed by atoms with van der Waals surface area (Å²) < 4.78 is 13.5. The van der Waals surface area contributed by atoms with Crippen LogP contribution >= 0.6 is 11.8 Å². The second kappa shape index (κ2) is 8.67. The van der Waals surface area contributed by atoms with Gasteiger partial charge in [0.1, 0.15) is 11.2 Å². The molecule has 0 aromatic heterocycles. The summed E-state index contributed by atoms with van der Waals surface area (Å²) in [6, 6.07) is 15.2. The number of hydrogen-bond acceptors (Lipinski definition) is 3. The van der Waals surface area contributed by atoms with Crippen molar-refractivity contribution in [2.24, 2.45) is 0 Å². The second-order valence-electron chi connectivity index (χ2n) is 5.81. The van der Waals surface area contributed by atoms with E-state index in [4.69, 9.17) is 0 Å². The number of carboxylic acid groups (broad SMARTS) is 1. The quantitative estimate of drug-likeness (QED) is 0.707. The number of amides is 1. The lowest BCUT2D eigenvalue weighted by Gasteiger charge is -2.25. The van der Waals surface area contributed by atoms with Gasteiger partial charge in [0, 0.05) is 23.6 Å². The number of rotatable bonds is 8. The van der Waals surface area contributed by atoms with Gasteiger partial charge in [0.2, 0.25) is 5.91 Å². The van der Waals surface area contributed by atoms with Crippen LogP contribution in [0.15, 0.2) is 59.5 Å². The molecule has 1 atom stereocenters. The van der Waals surface area contributed by atoms with E-state index >= 15 is 0 Å². The molecule has 132 valence electrons. The fourth-order valence-electron chi connectivity index (χ4n) is 2.29. The van der Waals surface area contributed by atoms with E-state index < -0.39 is 11.4 Å². The Morgan fingerprint density at radius 1 is 1.12 bits per heavy atom. The summed E-state index contributed by atoms with van der Waals surface area (Å²) >= 11 is 1.26. The summed E-state index contributed by atoms with van der Waals surface area (Å²) in [6.07, 6.45) is 0.184. The molecule has 2 N–H and O–H groups in total. The average Bonchev–Trinajstić information content (AvgIpc) is 2.62. The van der Waals surface area contributed by atoms with Crippen molar-refractivity contribution in [2.45, 2.75) is 23.7 Å². The molecule has 0 radical (unpaired) electrons. The zero-order valence-electron chi connectivity index (χ0n) is 13.9. The third-order valence-corrected chi connectivity index (χ3v) is 5.00. The van der Waals surface area contributed by atoms with E-state index in [1.54, 1.807) is 49.4 Å². The molecule has 0 aliphatic carbocycles. The van der Waals surface area contributed by atoms with Gasteiger partial charge in [0.15, 0.2) is 0 Å². The minimum atomic E-state index is -1.20. The highest BCUT2D eigenvalue weighted by Gasteiger charge is 2.35. The molecule has 1 unspecified atom stereocenters. The number of carbonyl (C=O) groups is 2. The number of carboxylic acids is 1. The smallest absolute Gasteiger partial charge is 0.315 e. The van der Waals surface area contributed by atoms with Crippen LogP contribution in [0, 0.1) is 5.82 Å². The van der Waals surface area contributed by atoms with E-state index in [1.807, 2.05) is 6.07 Å². The standard InChI is InChI=1S/C19H20FNO3S/c1-19(18(23)24,14-7-3-2-4-8-14)13-21-17(22)11-12-25-16-10-6-5-9-15(16)20/h2-10H,11-13H2,1H3,(H,21,22)(H,23,24). The maximum atomic E-state index is 13.5. The van der Waals surface area contributed by atoms with Crippen molar-refractivity contribution >= 4 is 23.6 Å². The number of benzene rings is 2. The van der Waals surface area contributed by atoms with Crippen LogP contribution in [0.5, 0.6) is 0 Å². The van der Waals surface area contributed by atoms with Crippen LogP contribution in [-0.4, -0.2) is 29.3 Å². The molecule has 0 fully saturated rings. The number of nitrogens with one attached hydrogen (secondary N) is 1. The van der Waals surface area contributed by atoms with Crippen molar-refractivity contribution in [1.82, 2.24) is 5.32 Å². The Bertz CT molecular complexity index is 738. The summed E-state index contributed by atoms with van der Waals surface area (Å²) in [5, 5.41) is 12.2. The van der Waals surface area contributed by atoms with Crippen LogP contribution < -0.4 is 5.32 Å².